The van der Waals surface area contributed by atoms with Gasteiger partial charge in [-0.05, 0) is 12.1 Å². The zero-order valence-corrected chi connectivity index (χ0v) is 12.8. The number of amides is 1. The van der Waals surface area contributed by atoms with E-state index in [4.69, 9.17) is 4.84 Å². The van der Waals surface area contributed by atoms with Crippen LogP contribution in [0.25, 0.3) is 11.4 Å². The van der Waals surface area contributed by atoms with E-state index >= 15 is 0 Å². The Hall–Kier alpha value is -2.53. The van der Waals surface area contributed by atoms with Crippen LogP contribution in [0.1, 0.15) is 16.2 Å². The van der Waals surface area contributed by atoms with Gasteiger partial charge in [-0.25, -0.2) is 4.39 Å². The molecule has 1 saturated heterocycles. The number of carbonyl (C=O) groups is 1. The molecule has 1 aromatic carbocycles. The summed E-state index contributed by atoms with van der Waals surface area (Å²) in [5.74, 6) is -3.51. The van der Waals surface area contributed by atoms with E-state index in [-0.39, 0.29) is 23.7 Å². The minimum absolute atomic E-state index is 0.0383. The van der Waals surface area contributed by atoms with E-state index in [0.29, 0.717) is 6.54 Å². The largest absolute Gasteiger partial charge is 0.471 e. The van der Waals surface area contributed by atoms with E-state index in [0.717, 1.165) is 12.1 Å². The Morgan fingerprint density at radius 1 is 1.48 bits per heavy atom. The molecule has 3 rings (SSSR count). The Bertz CT molecular complexity index is 793. The second-order valence-electron chi connectivity index (χ2n) is 5.26. The molecule has 1 aliphatic heterocycles. The number of halogens is 4. The van der Waals surface area contributed by atoms with Crippen LogP contribution < -0.4 is 5.32 Å². The third-order valence-electron chi connectivity index (χ3n) is 3.54. The summed E-state index contributed by atoms with van der Waals surface area (Å²) >= 11 is 0. The lowest BCUT2D eigenvalue weighted by Gasteiger charge is -2.06. The molecule has 0 spiro atoms. The van der Waals surface area contributed by atoms with Gasteiger partial charge < -0.3 is 14.7 Å². The third kappa shape index (κ3) is 3.77. The topological polar surface area (TPSA) is 80.3 Å². The van der Waals surface area contributed by atoms with Crippen LogP contribution in [0.4, 0.5) is 17.6 Å². The van der Waals surface area contributed by atoms with Crippen LogP contribution >= 0.6 is 0 Å². The van der Waals surface area contributed by atoms with Crippen molar-refractivity contribution >= 4 is 5.91 Å². The molecule has 2 unspecified atom stereocenters. The number of benzene rings is 1. The van der Waals surface area contributed by atoms with E-state index in [1.165, 1.54) is 13.2 Å². The van der Waals surface area contributed by atoms with Crippen LogP contribution in [0.15, 0.2) is 22.7 Å². The summed E-state index contributed by atoms with van der Waals surface area (Å²) in [5.41, 5.74) is -0.283. The number of nitrogens with zero attached hydrogens (tertiary/aromatic N) is 3. The third-order valence-corrected chi connectivity index (χ3v) is 3.54. The summed E-state index contributed by atoms with van der Waals surface area (Å²) in [5, 5.41) is 7.34. The fourth-order valence-corrected chi connectivity index (χ4v) is 2.15. The van der Waals surface area contributed by atoms with Gasteiger partial charge in [-0.1, -0.05) is 11.2 Å². The summed E-state index contributed by atoms with van der Waals surface area (Å²) in [6.07, 6.45) is -4.79. The fraction of sp³-hybridized carbons (Fsp3) is 0.357. The Labute approximate surface area is 138 Å². The van der Waals surface area contributed by atoms with Crippen molar-refractivity contribution in [3.8, 4) is 11.4 Å². The second-order valence-corrected chi connectivity index (χ2v) is 5.26. The maximum Gasteiger partial charge on any atom is 0.471 e. The standard InChI is InChI=1S/C14H12F4N4O3/c1-24-22-6-8(22)5-19-12(23)9-3-2-7(4-10(9)15)11-20-13(25-21-11)14(16,17)18/h2-4,8H,5-6H2,1H3,(H,19,23). The number of hydrogen-bond donors (Lipinski definition) is 1. The number of alkyl halides is 3. The van der Waals surface area contributed by atoms with Crippen LogP contribution in [-0.4, -0.2) is 47.4 Å². The monoisotopic (exact) mass is 360 g/mol. The molecular formula is C14H12F4N4O3. The second kappa shape index (κ2) is 6.41. The summed E-state index contributed by atoms with van der Waals surface area (Å²) in [6.45, 7) is 0.950. The van der Waals surface area contributed by atoms with Gasteiger partial charge in [-0.3, -0.25) is 4.79 Å². The van der Waals surface area contributed by atoms with Crippen LogP contribution in [0.5, 0.6) is 0 Å². The molecule has 1 amide bonds. The van der Waals surface area contributed by atoms with Crippen LogP contribution in [0, 0.1) is 5.82 Å². The first-order chi connectivity index (χ1) is 11.8. The van der Waals surface area contributed by atoms with Crippen molar-refractivity contribution in [2.24, 2.45) is 0 Å². The smallest absolute Gasteiger partial charge is 0.350 e. The average molecular weight is 360 g/mol. The molecule has 25 heavy (non-hydrogen) atoms. The van der Waals surface area contributed by atoms with Crippen molar-refractivity contribution in [2.45, 2.75) is 12.2 Å². The molecule has 134 valence electrons. The number of hydrogen-bond acceptors (Lipinski definition) is 6. The van der Waals surface area contributed by atoms with Crippen molar-refractivity contribution in [2.75, 3.05) is 20.2 Å². The van der Waals surface area contributed by atoms with Gasteiger partial charge in [0.15, 0.2) is 0 Å². The molecule has 0 bridgehead atoms. The molecule has 2 atom stereocenters. The number of aromatic nitrogens is 2. The maximum absolute atomic E-state index is 14.1. The van der Waals surface area contributed by atoms with E-state index in [9.17, 15) is 22.4 Å². The Morgan fingerprint density at radius 3 is 2.80 bits per heavy atom. The molecule has 0 aliphatic carbocycles. The minimum atomic E-state index is -4.79. The summed E-state index contributed by atoms with van der Waals surface area (Å²) in [4.78, 5) is 20.1. The minimum Gasteiger partial charge on any atom is -0.350 e. The SMILES string of the molecule is CON1CC1CNC(=O)c1ccc(-c2noc(C(F)(F)F)n2)cc1F. The molecule has 1 aromatic heterocycles. The first kappa shape index (κ1) is 17.3. The Kier molecular flexibility index (Phi) is 4.43. The molecule has 2 aromatic rings. The van der Waals surface area contributed by atoms with Crippen LogP contribution in [0.2, 0.25) is 0 Å². The average Bonchev–Trinajstić information content (AvgIpc) is 3.12. The molecule has 1 fully saturated rings. The van der Waals surface area contributed by atoms with Crippen LogP contribution in [-0.2, 0) is 11.0 Å². The van der Waals surface area contributed by atoms with E-state index in [1.807, 2.05) is 0 Å². The molecule has 0 radical (unpaired) electrons. The quantitative estimate of drug-likeness (QED) is 0.648. The Morgan fingerprint density at radius 2 is 2.24 bits per heavy atom. The predicted octanol–water partition coefficient (Wildman–Crippen LogP) is 1.87. The highest BCUT2D eigenvalue weighted by Crippen LogP contribution is 2.29. The van der Waals surface area contributed by atoms with E-state index < -0.39 is 29.6 Å². The molecule has 0 saturated carbocycles. The molecule has 1 N–H and O–H groups in total. The predicted molar refractivity (Wildman–Crippen MR) is 74.5 cm³/mol. The molecular weight excluding hydrogens is 348 g/mol. The Balaban J connectivity index is 1.70. The van der Waals surface area contributed by atoms with Gasteiger partial charge >= 0.3 is 12.1 Å². The zero-order chi connectivity index (χ0) is 18.2. The van der Waals surface area contributed by atoms with Gasteiger partial charge in [0.1, 0.15) is 5.82 Å². The first-order valence-electron chi connectivity index (χ1n) is 7.09. The lowest BCUT2D eigenvalue weighted by Crippen LogP contribution is -2.29. The van der Waals surface area contributed by atoms with Gasteiger partial charge in [0.25, 0.3) is 5.91 Å². The fourth-order valence-electron chi connectivity index (χ4n) is 2.15. The van der Waals surface area contributed by atoms with Crippen LogP contribution in [0.3, 0.4) is 0 Å². The van der Waals surface area contributed by atoms with Gasteiger partial charge in [0, 0.05) is 18.7 Å². The van der Waals surface area contributed by atoms with Gasteiger partial charge in [-0.15, -0.1) is 0 Å². The van der Waals surface area contributed by atoms with Gasteiger partial charge in [0.05, 0.1) is 18.7 Å². The first-order valence-corrected chi connectivity index (χ1v) is 7.09. The number of rotatable bonds is 5. The summed E-state index contributed by atoms with van der Waals surface area (Å²) in [6, 6.07) is 3.29. The number of carbonyl (C=O) groups excluding carboxylic acids is 1. The summed E-state index contributed by atoms with van der Waals surface area (Å²) in [7, 11) is 1.50. The van der Waals surface area contributed by atoms with Crippen molar-refractivity contribution in [1.29, 1.82) is 0 Å². The molecule has 2 heterocycles. The molecule has 11 heteroatoms. The molecule has 7 nitrogen and oxygen atoms in total. The number of hydroxylamine groups is 2. The highest BCUT2D eigenvalue weighted by Gasteiger charge is 2.38. The maximum atomic E-state index is 14.1. The molecule has 1 aliphatic rings. The lowest BCUT2D eigenvalue weighted by atomic mass is 10.1. The lowest BCUT2D eigenvalue weighted by molar-refractivity contribution is -0.159. The van der Waals surface area contributed by atoms with E-state index in [1.54, 1.807) is 5.06 Å². The van der Waals surface area contributed by atoms with Crippen molar-refractivity contribution in [3.63, 3.8) is 0 Å². The summed E-state index contributed by atoms with van der Waals surface area (Å²) < 4.78 is 55.5. The van der Waals surface area contributed by atoms with Crippen molar-refractivity contribution in [1.82, 2.24) is 20.5 Å². The number of nitrogens with one attached hydrogen (secondary N) is 1. The van der Waals surface area contributed by atoms with Gasteiger partial charge in [-0.2, -0.15) is 23.2 Å². The highest BCUT2D eigenvalue weighted by molar-refractivity contribution is 5.94. The van der Waals surface area contributed by atoms with E-state index in [2.05, 4.69) is 20.0 Å². The highest BCUT2D eigenvalue weighted by atomic mass is 19.4. The zero-order valence-electron chi connectivity index (χ0n) is 12.8. The normalized spacial score (nSPS) is 19.7. The van der Waals surface area contributed by atoms with Crippen molar-refractivity contribution in [3.05, 3.63) is 35.5 Å². The van der Waals surface area contributed by atoms with Crippen molar-refractivity contribution < 1.29 is 31.7 Å². The van der Waals surface area contributed by atoms with Gasteiger partial charge in [0.2, 0.25) is 5.82 Å².